The molecule has 2 N–H and O–H groups in total. The van der Waals surface area contributed by atoms with Gasteiger partial charge in [0.2, 0.25) is 5.82 Å². The summed E-state index contributed by atoms with van der Waals surface area (Å²) in [6.07, 6.45) is 4.43. The molecule has 3 amide bonds. The molecule has 12 nitrogen and oxygen atoms in total. The van der Waals surface area contributed by atoms with Crippen molar-refractivity contribution in [2.45, 2.75) is 39.5 Å². The second kappa shape index (κ2) is 13.4. The van der Waals surface area contributed by atoms with E-state index in [-0.39, 0.29) is 52.0 Å². The molecule has 1 fully saturated rings. The van der Waals surface area contributed by atoms with Crippen LogP contribution in [0.2, 0.25) is 5.02 Å². The van der Waals surface area contributed by atoms with Gasteiger partial charge in [0.15, 0.2) is 17.4 Å². The zero-order valence-corrected chi connectivity index (χ0v) is 27.2. The lowest BCUT2D eigenvalue weighted by Crippen LogP contribution is -2.52. The molecule has 0 atom stereocenters. The Morgan fingerprint density at radius 2 is 1.81 bits per heavy atom. The first kappa shape index (κ1) is 33.4. The van der Waals surface area contributed by atoms with E-state index in [1.165, 1.54) is 55.3 Å². The van der Waals surface area contributed by atoms with Crippen molar-refractivity contribution in [3.63, 3.8) is 0 Å². The number of nitrogens with one attached hydrogen (secondary N) is 2. The Kier molecular flexibility index (Phi) is 9.52. The fourth-order valence-electron chi connectivity index (χ4n) is 5.02. The Morgan fingerprint density at radius 3 is 2.49 bits per heavy atom. The third-order valence-corrected chi connectivity index (χ3v) is 7.71. The van der Waals surface area contributed by atoms with Crippen molar-refractivity contribution in [2.75, 3.05) is 25.5 Å². The first-order valence-electron chi connectivity index (χ1n) is 14.7. The molecule has 0 unspecified atom stereocenters. The van der Waals surface area contributed by atoms with Gasteiger partial charge in [0.1, 0.15) is 5.60 Å². The minimum atomic E-state index is -1.15. The fourth-order valence-corrected chi connectivity index (χ4v) is 5.29. The van der Waals surface area contributed by atoms with E-state index in [1.807, 2.05) is 27.0 Å². The van der Waals surface area contributed by atoms with Crippen LogP contribution in [0.1, 0.15) is 47.3 Å². The van der Waals surface area contributed by atoms with Crippen LogP contribution >= 0.6 is 11.6 Å². The van der Waals surface area contributed by atoms with E-state index in [0.29, 0.717) is 25.3 Å². The van der Waals surface area contributed by atoms with E-state index in [2.05, 4.69) is 20.7 Å². The van der Waals surface area contributed by atoms with Crippen LogP contribution in [0.25, 0.3) is 11.3 Å². The number of hydrogen-bond donors (Lipinski definition) is 2. The van der Waals surface area contributed by atoms with Gasteiger partial charge in [-0.25, -0.2) is 14.2 Å². The summed E-state index contributed by atoms with van der Waals surface area (Å²) in [6, 6.07) is 7.03. The topological polar surface area (TPSA) is 133 Å². The summed E-state index contributed by atoms with van der Waals surface area (Å²) < 4.78 is 42.2. The lowest BCUT2D eigenvalue weighted by molar-refractivity contribution is -0.00385. The number of hydrogen-bond acceptors (Lipinski definition) is 7. The Hall–Kier alpha value is -4.98. The molecule has 3 heterocycles. The number of carbonyl (C=O) groups is 3. The molecule has 1 aliphatic rings. The third-order valence-electron chi connectivity index (χ3n) is 7.40. The smallest absolute Gasteiger partial charge is 0.410 e. The number of carbonyl (C=O) groups excluding carboxylic acids is 3. The van der Waals surface area contributed by atoms with Gasteiger partial charge in [-0.3, -0.25) is 14.3 Å². The standard InChI is InChI=1S/C32H34ClF2N7O5/c1-32(2,3)47-31(45)41-14-19(15-41)17-42-16-18(12-38-42)11-37-29(43)21-7-6-20(10-23(21)33)39-30(44)28-36-13-24(40(28)4)22-8-9-25(46-5)27(35)26(22)34/h6-10,12-13,16,19H,11,14-15,17H2,1-5H3,(H,37,43)(H,39,44). The molecule has 1 aliphatic heterocycles. The van der Waals surface area contributed by atoms with E-state index in [0.717, 1.165) is 5.56 Å². The van der Waals surface area contributed by atoms with Gasteiger partial charge in [0.25, 0.3) is 11.8 Å². The van der Waals surface area contributed by atoms with Crippen LogP contribution in [-0.2, 0) is 24.9 Å². The number of rotatable bonds is 9. The summed E-state index contributed by atoms with van der Waals surface area (Å²) in [6.45, 7) is 7.50. The van der Waals surface area contributed by atoms with Crippen molar-refractivity contribution >= 4 is 35.2 Å². The van der Waals surface area contributed by atoms with Crippen molar-refractivity contribution < 1.29 is 32.6 Å². The van der Waals surface area contributed by atoms with Crippen LogP contribution in [0.3, 0.4) is 0 Å². The van der Waals surface area contributed by atoms with Crippen LogP contribution in [-0.4, -0.2) is 67.9 Å². The number of amides is 3. The molecule has 15 heteroatoms. The van der Waals surface area contributed by atoms with Crippen LogP contribution < -0.4 is 15.4 Å². The second-order valence-corrected chi connectivity index (χ2v) is 12.5. The number of nitrogens with zero attached hydrogens (tertiary/aromatic N) is 5. The molecule has 1 saturated heterocycles. The van der Waals surface area contributed by atoms with Crippen molar-refractivity contribution in [2.24, 2.45) is 13.0 Å². The highest BCUT2D eigenvalue weighted by Crippen LogP contribution is 2.30. The normalized spacial score (nSPS) is 13.2. The van der Waals surface area contributed by atoms with E-state index in [4.69, 9.17) is 21.1 Å². The summed E-state index contributed by atoms with van der Waals surface area (Å²) in [5.41, 5.74) is 0.832. The molecule has 5 rings (SSSR count). The lowest BCUT2D eigenvalue weighted by Gasteiger charge is -2.39. The average Bonchev–Trinajstić information content (AvgIpc) is 3.60. The zero-order chi connectivity index (χ0) is 34.0. The molecule has 0 bridgehead atoms. The number of likely N-dealkylation sites (tertiary alicyclic amines) is 1. The fraction of sp³-hybridized carbons (Fsp3) is 0.344. The highest BCUT2D eigenvalue weighted by atomic mass is 35.5. The van der Waals surface area contributed by atoms with Crippen LogP contribution in [0.4, 0.5) is 19.3 Å². The van der Waals surface area contributed by atoms with Gasteiger partial charge < -0.3 is 29.6 Å². The number of aromatic nitrogens is 4. The molecule has 4 aromatic rings. The van der Waals surface area contributed by atoms with Gasteiger partial charge in [0, 0.05) is 62.2 Å². The van der Waals surface area contributed by atoms with Crippen molar-refractivity contribution in [3.05, 3.63) is 82.5 Å². The number of halogens is 3. The van der Waals surface area contributed by atoms with Crippen LogP contribution in [0.5, 0.6) is 5.75 Å². The lowest BCUT2D eigenvalue weighted by atomic mass is 10.0. The molecule has 248 valence electrons. The van der Waals surface area contributed by atoms with Crippen LogP contribution in [0, 0.1) is 17.6 Å². The first-order valence-corrected chi connectivity index (χ1v) is 15.0. The molecule has 47 heavy (non-hydrogen) atoms. The Morgan fingerprint density at radius 1 is 1.06 bits per heavy atom. The Labute approximate surface area is 274 Å². The van der Waals surface area contributed by atoms with E-state index < -0.39 is 29.0 Å². The number of methoxy groups -OCH3 is 1. The average molecular weight is 670 g/mol. The van der Waals surface area contributed by atoms with Gasteiger partial charge in [-0.15, -0.1) is 0 Å². The second-order valence-electron chi connectivity index (χ2n) is 12.1. The van der Waals surface area contributed by atoms with Crippen molar-refractivity contribution in [1.29, 1.82) is 0 Å². The largest absolute Gasteiger partial charge is 0.494 e. The maximum Gasteiger partial charge on any atom is 0.410 e. The minimum Gasteiger partial charge on any atom is -0.494 e. The number of imidazole rings is 1. The molecule has 2 aromatic heterocycles. The number of benzene rings is 2. The van der Waals surface area contributed by atoms with Gasteiger partial charge in [0.05, 0.1) is 35.8 Å². The summed E-state index contributed by atoms with van der Waals surface area (Å²) in [5, 5.41) is 9.92. The predicted octanol–water partition coefficient (Wildman–Crippen LogP) is 5.27. The van der Waals surface area contributed by atoms with Gasteiger partial charge in [-0.2, -0.15) is 9.49 Å². The summed E-state index contributed by atoms with van der Waals surface area (Å²) >= 11 is 6.39. The summed E-state index contributed by atoms with van der Waals surface area (Å²) in [7, 11) is 2.73. The summed E-state index contributed by atoms with van der Waals surface area (Å²) in [5.74, 6) is -3.38. The third kappa shape index (κ3) is 7.54. The quantitative estimate of drug-likeness (QED) is 0.248. The summed E-state index contributed by atoms with van der Waals surface area (Å²) in [4.78, 5) is 43.7. The van der Waals surface area contributed by atoms with Gasteiger partial charge in [-0.1, -0.05) is 11.6 Å². The molecular formula is C32H34ClF2N7O5. The molecule has 2 aromatic carbocycles. The van der Waals surface area contributed by atoms with Gasteiger partial charge in [-0.05, 0) is 51.1 Å². The maximum atomic E-state index is 14.6. The van der Waals surface area contributed by atoms with E-state index in [1.54, 1.807) is 15.8 Å². The maximum absolute atomic E-state index is 14.6. The highest BCUT2D eigenvalue weighted by Gasteiger charge is 2.34. The molecule has 0 radical (unpaired) electrons. The highest BCUT2D eigenvalue weighted by molar-refractivity contribution is 6.34. The number of ether oxygens (including phenoxy) is 2. The molecule has 0 saturated carbocycles. The van der Waals surface area contributed by atoms with E-state index in [9.17, 15) is 23.2 Å². The predicted molar refractivity (Wildman–Crippen MR) is 169 cm³/mol. The molecular weight excluding hydrogens is 636 g/mol. The molecule has 0 aliphatic carbocycles. The van der Waals surface area contributed by atoms with Crippen molar-refractivity contribution in [1.82, 2.24) is 29.5 Å². The van der Waals surface area contributed by atoms with Crippen LogP contribution in [0.15, 0.2) is 48.9 Å². The monoisotopic (exact) mass is 669 g/mol. The minimum absolute atomic E-state index is 0.0632. The van der Waals surface area contributed by atoms with Crippen molar-refractivity contribution in [3.8, 4) is 17.0 Å². The number of anilines is 1. The first-order chi connectivity index (χ1) is 22.2. The Balaban J connectivity index is 1.13. The van der Waals surface area contributed by atoms with E-state index >= 15 is 0 Å². The SMILES string of the molecule is COc1ccc(-c2cnc(C(=O)Nc3ccc(C(=O)NCc4cnn(CC5CN(C(=O)OC(C)(C)C)C5)c4)c(Cl)c3)n2C)c(F)c1F. The van der Waals surface area contributed by atoms with Gasteiger partial charge >= 0.3 is 6.09 Å². The Bertz CT molecular complexity index is 1830. The molecule has 0 spiro atoms. The zero-order valence-electron chi connectivity index (χ0n) is 26.4.